The summed E-state index contributed by atoms with van der Waals surface area (Å²) in [5, 5.41) is 10.1. The van der Waals surface area contributed by atoms with Gasteiger partial charge in [0.25, 0.3) is 0 Å². The number of hydrogen-bond donors (Lipinski definition) is 1. The highest BCUT2D eigenvalue weighted by atomic mass is 32.2. The molecule has 102 valence electrons. The fraction of sp³-hybridized carbons (Fsp3) is 0.538. The predicted octanol–water partition coefficient (Wildman–Crippen LogP) is 1.86. The summed E-state index contributed by atoms with van der Waals surface area (Å²) in [6.07, 6.45) is 1.36. The van der Waals surface area contributed by atoms with E-state index in [0.717, 1.165) is 5.56 Å². The van der Waals surface area contributed by atoms with Crippen LogP contribution in [0.1, 0.15) is 30.1 Å². The normalized spacial score (nSPS) is 13.3. The lowest BCUT2D eigenvalue weighted by Crippen LogP contribution is -2.06. The maximum atomic E-state index is 11.0. The number of methoxy groups -OCH3 is 1. The fourth-order valence-electron chi connectivity index (χ4n) is 1.81. The number of aliphatic hydroxyl groups excluding tert-OH is 1. The Morgan fingerprint density at radius 3 is 2.61 bits per heavy atom. The lowest BCUT2D eigenvalue weighted by atomic mass is 10.0. The van der Waals surface area contributed by atoms with Crippen LogP contribution in [0.25, 0.3) is 0 Å². The minimum atomic E-state index is -2.97. The molecule has 1 unspecified atom stereocenters. The van der Waals surface area contributed by atoms with Crippen LogP contribution in [0.2, 0.25) is 0 Å². The van der Waals surface area contributed by atoms with Crippen LogP contribution in [0.4, 0.5) is 0 Å². The first-order valence-electron chi connectivity index (χ1n) is 5.84. The van der Waals surface area contributed by atoms with Crippen LogP contribution >= 0.6 is 0 Å². The summed E-state index contributed by atoms with van der Waals surface area (Å²) in [6, 6.07) is 5.58. The van der Waals surface area contributed by atoms with Gasteiger partial charge in [-0.3, -0.25) is 0 Å². The summed E-state index contributed by atoms with van der Waals surface area (Å²) >= 11 is 0. The molecule has 1 aromatic carbocycles. The molecule has 1 rings (SSSR count). The molecule has 4 nitrogen and oxygen atoms in total. The van der Waals surface area contributed by atoms with Gasteiger partial charge in [-0.15, -0.1) is 0 Å². The van der Waals surface area contributed by atoms with E-state index in [4.69, 9.17) is 4.74 Å². The Morgan fingerprint density at radius 1 is 1.39 bits per heavy atom. The first-order valence-corrected chi connectivity index (χ1v) is 7.90. The van der Waals surface area contributed by atoms with Crippen LogP contribution in [0.5, 0.6) is 5.75 Å². The lowest BCUT2D eigenvalue weighted by Gasteiger charge is -2.15. The third kappa shape index (κ3) is 4.66. The van der Waals surface area contributed by atoms with E-state index in [1.54, 1.807) is 7.11 Å². The zero-order valence-electron chi connectivity index (χ0n) is 11.0. The molecule has 1 aromatic rings. The first-order chi connectivity index (χ1) is 8.33. The largest absolute Gasteiger partial charge is 0.496 e. The number of aryl methyl sites for hydroxylation is 1. The summed E-state index contributed by atoms with van der Waals surface area (Å²) in [5.41, 5.74) is 1.75. The van der Waals surface area contributed by atoms with E-state index in [2.05, 4.69) is 0 Å². The monoisotopic (exact) mass is 272 g/mol. The van der Waals surface area contributed by atoms with Crippen LogP contribution in [0.15, 0.2) is 18.2 Å². The summed E-state index contributed by atoms with van der Waals surface area (Å²) in [5.74, 6) is 0.727. The van der Waals surface area contributed by atoms with E-state index in [1.807, 2.05) is 25.1 Å². The van der Waals surface area contributed by atoms with E-state index in [0.29, 0.717) is 24.2 Å². The van der Waals surface area contributed by atoms with Crippen LogP contribution < -0.4 is 4.74 Å². The van der Waals surface area contributed by atoms with Crippen molar-refractivity contribution in [1.82, 2.24) is 0 Å². The molecule has 0 aliphatic heterocycles. The quantitative estimate of drug-likeness (QED) is 0.858. The standard InChI is InChI=1S/C13H20O4S/c1-10-6-7-13(17-2)11(9-10)12(14)5-4-8-18(3,15)16/h6-7,9,12,14H,4-5,8H2,1-3H3. The second-order valence-electron chi connectivity index (χ2n) is 4.53. The summed E-state index contributed by atoms with van der Waals surface area (Å²) in [6.45, 7) is 1.94. The van der Waals surface area contributed by atoms with Gasteiger partial charge < -0.3 is 9.84 Å². The highest BCUT2D eigenvalue weighted by Crippen LogP contribution is 2.29. The molecule has 18 heavy (non-hydrogen) atoms. The Balaban J connectivity index is 2.71. The molecule has 0 aliphatic rings. The number of sulfone groups is 1. The van der Waals surface area contributed by atoms with Crippen molar-refractivity contribution >= 4 is 9.84 Å². The molecule has 0 saturated heterocycles. The van der Waals surface area contributed by atoms with Crippen LogP contribution in [0.3, 0.4) is 0 Å². The topological polar surface area (TPSA) is 63.6 Å². The van der Waals surface area contributed by atoms with Gasteiger partial charge in [0.05, 0.1) is 13.2 Å². The van der Waals surface area contributed by atoms with Gasteiger partial charge in [-0.25, -0.2) is 8.42 Å². The zero-order valence-corrected chi connectivity index (χ0v) is 11.8. The lowest BCUT2D eigenvalue weighted by molar-refractivity contribution is 0.162. The Morgan fingerprint density at radius 2 is 2.06 bits per heavy atom. The minimum Gasteiger partial charge on any atom is -0.496 e. The third-order valence-corrected chi connectivity index (χ3v) is 3.77. The van der Waals surface area contributed by atoms with Crippen molar-refractivity contribution in [3.63, 3.8) is 0 Å². The molecule has 0 bridgehead atoms. The molecule has 1 atom stereocenters. The van der Waals surface area contributed by atoms with E-state index in [1.165, 1.54) is 6.26 Å². The van der Waals surface area contributed by atoms with Crippen molar-refractivity contribution in [2.24, 2.45) is 0 Å². The average Bonchev–Trinajstić information content (AvgIpc) is 2.27. The maximum Gasteiger partial charge on any atom is 0.147 e. The van der Waals surface area contributed by atoms with Crippen molar-refractivity contribution in [3.05, 3.63) is 29.3 Å². The number of benzene rings is 1. The van der Waals surface area contributed by atoms with Gasteiger partial charge in [-0.05, 0) is 31.9 Å². The molecular formula is C13H20O4S. The van der Waals surface area contributed by atoms with Gasteiger partial charge in [-0.1, -0.05) is 11.6 Å². The second-order valence-corrected chi connectivity index (χ2v) is 6.79. The molecule has 0 amide bonds. The van der Waals surface area contributed by atoms with Crippen molar-refractivity contribution in [2.45, 2.75) is 25.9 Å². The molecule has 0 aliphatic carbocycles. The van der Waals surface area contributed by atoms with Gasteiger partial charge in [0, 0.05) is 17.6 Å². The SMILES string of the molecule is COc1ccc(C)cc1C(O)CCCS(C)(=O)=O. The summed E-state index contributed by atoms with van der Waals surface area (Å²) < 4.78 is 27.2. The third-order valence-electron chi connectivity index (χ3n) is 2.74. The van der Waals surface area contributed by atoms with Crippen molar-refractivity contribution < 1.29 is 18.3 Å². The van der Waals surface area contributed by atoms with Gasteiger partial charge in [0.2, 0.25) is 0 Å². The average molecular weight is 272 g/mol. The van der Waals surface area contributed by atoms with Gasteiger partial charge in [0.15, 0.2) is 0 Å². The molecule has 0 radical (unpaired) electrons. The van der Waals surface area contributed by atoms with E-state index in [-0.39, 0.29) is 5.75 Å². The number of aliphatic hydroxyl groups is 1. The minimum absolute atomic E-state index is 0.0954. The van der Waals surface area contributed by atoms with Crippen molar-refractivity contribution in [1.29, 1.82) is 0 Å². The summed E-state index contributed by atoms with van der Waals surface area (Å²) in [4.78, 5) is 0. The van der Waals surface area contributed by atoms with E-state index >= 15 is 0 Å². The molecule has 1 N–H and O–H groups in total. The predicted molar refractivity (Wildman–Crippen MR) is 71.6 cm³/mol. The molecule has 0 heterocycles. The smallest absolute Gasteiger partial charge is 0.147 e. The van der Waals surface area contributed by atoms with E-state index in [9.17, 15) is 13.5 Å². The second kappa shape index (κ2) is 6.20. The highest BCUT2D eigenvalue weighted by Gasteiger charge is 2.14. The van der Waals surface area contributed by atoms with E-state index < -0.39 is 15.9 Å². The first kappa shape index (κ1) is 15.0. The van der Waals surface area contributed by atoms with Gasteiger partial charge in [0.1, 0.15) is 15.6 Å². The van der Waals surface area contributed by atoms with Crippen LogP contribution in [-0.4, -0.2) is 32.6 Å². The van der Waals surface area contributed by atoms with Crippen LogP contribution in [-0.2, 0) is 9.84 Å². The summed E-state index contributed by atoms with van der Waals surface area (Å²) in [7, 11) is -1.42. The Hall–Kier alpha value is -1.07. The molecule has 0 aromatic heterocycles. The van der Waals surface area contributed by atoms with Gasteiger partial charge >= 0.3 is 0 Å². The molecule has 5 heteroatoms. The number of ether oxygens (including phenoxy) is 1. The maximum absolute atomic E-state index is 11.0. The molecular weight excluding hydrogens is 252 g/mol. The molecule has 0 saturated carbocycles. The number of rotatable bonds is 6. The van der Waals surface area contributed by atoms with Crippen molar-refractivity contribution in [3.8, 4) is 5.75 Å². The van der Waals surface area contributed by atoms with Gasteiger partial charge in [-0.2, -0.15) is 0 Å². The molecule has 0 fully saturated rings. The van der Waals surface area contributed by atoms with Crippen LogP contribution in [0, 0.1) is 6.92 Å². The zero-order chi connectivity index (χ0) is 13.8. The Kier molecular flexibility index (Phi) is 5.16. The van der Waals surface area contributed by atoms with Crippen molar-refractivity contribution in [2.75, 3.05) is 19.1 Å². The Bertz CT molecular complexity index is 494. The number of hydrogen-bond acceptors (Lipinski definition) is 4. The fourth-order valence-corrected chi connectivity index (χ4v) is 2.50. The molecule has 0 spiro atoms. The highest BCUT2D eigenvalue weighted by molar-refractivity contribution is 7.90. The Labute approximate surface area is 109 Å².